The summed E-state index contributed by atoms with van der Waals surface area (Å²) in [5.74, 6) is 2.47. The molecule has 0 saturated carbocycles. The molecule has 0 fully saturated rings. The van der Waals surface area contributed by atoms with Gasteiger partial charge >= 0.3 is 0 Å². The fourth-order valence-electron chi connectivity index (χ4n) is 3.35. The molecule has 3 rings (SSSR count). The molecule has 0 spiro atoms. The number of nitrogens with one attached hydrogen (secondary N) is 1. The molecule has 0 heterocycles. The van der Waals surface area contributed by atoms with Gasteiger partial charge in [0.2, 0.25) is 0 Å². The average Bonchev–Trinajstić information content (AvgIpc) is 2.86. The summed E-state index contributed by atoms with van der Waals surface area (Å²) < 4.78 is 22.0. The zero-order valence-corrected chi connectivity index (χ0v) is 20.1. The van der Waals surface area contributed by atoms with Crippen molar-refractivity contribution >= 4 is 17.3 Å². The first-order chi connectivity index (χ1) is 16.4. The molecule has 1 N–H and O–H groups in total. The number of nitro groups is 1. The van der Waals surface area contributed by atoms with E-state index in [1.165, 1.54) is 12.1 Å². The van der Waals surface area contributed by atoms with Crippen LogP contribution < -0.4 is 24.3 Å². The van der Waals surface area contributed by atoms with Crippen LogP contribution >= 0.6 is 11.6 Å². The van der Waals surface area contributed by atoms with E-state index in [9.17, 15) is 10.1 Å². The molecule has 0 aliphatic heterocycles. The lowest BCUT2D eigenvalue weighted by molar-refractivity contribution is -0.384. The highest BCUT2D eigenvalue weighted by molar-refractivity contribution is 6.31. The van der Waals surface area contributed by atoms with Crippen LogP contribution in [0, 0.1) is 10.1 Å². The predicted octanol–water partition coefficient (Wildman–Crippen LogP) is 5.19. The van der Waals surface area contributed by atoms with Crippen LogP contribution in [0.2, 0.25) is 5.02 Å². The number of benzene rings is 3. The second kappa shape index (κ2) is 12.1. The van der Waals surface area contributed by atoms with Crippen molar-refractivity contribution in [2.75, 3.05) is 27.9 Å². The lowest BCUT2D eigenvalue weighted by Crippen LogP contribution is -2.17. The molecule has 9 heteroatoms. The molecule has 0 radical (unpaired) electrons. The van der Waals surface area contributed by atoms with Gasteiger partial charge < -0.3 is 24.3 Å². The second-order valence-electron chi connectivity index (χ2n) is 7.42. The summed E-state index contributed by atoms with van der Waals surface area (Å²) in [5.41, 5.74) is 2.84. The molecule has 3 aromatic carbocycles. The van der Waals surface area contributed by atoms with Crippen LogP contribution in [0.25, 0.3) is 0 Å². The van der Waals surface area contributed by atoms with E-state index < -0.39 is 4.92 Å². The molecular formula is C25H27ClN2O6. The number of rotatable bonds is 12. The van der Waals surface area contributed by atoms with Gasteiger partial charge in [0.05, 0.1) is 26.3 Å². The van der Waals surface area contributed by atoms with Crippen molar-refractivity contribution in [1.82, 2.24) is 5.32 Å². The van der Waals surface area contributed by atoms with Crippen LogP contribution in [0.1, 0.15) is 16.7 Å². The Morgan fingerprint density at radius 3 is 2.15 bits per heavy atom. The molecule has 180 valence electrons. The normalized spacial score (nSPS) is 10.6. The number of nitro benzene ring substituents is 1. The van der Waals surface area contributed by atoms with Crippen molar-refractivity contribution in [2.24, 2.45) is 0 Å². The van der Waals surface area contributed by atoms with Gasteiger partial charge in [0.25, 0.3) is 5.69 Å². The molecule has 0 amide bonds. The first-order valence-electron chi connectivity index (χ1n) is 10.6. The van der Waals surface area contributed by atoms with Gasteiger partial charge in [-0.05, 0) is 60.0 Å². The summed E-state index contributed by atoms with van der Waals surface area (Å²) >= 11 is 6.48. The Balaban J connectivity index is 1.57. The first-order valence-corrected chi connectivity index (χ1v) is 11.0. The van der Waals surface area contributed by atoms with Crippen molar-refractivity contribution in [3.63, 3.8) is 0 Å². The number of nitrogens with zero attached hydrogens (tertiary/aromatic N) is 1. The Labute approximate surface area is 203 Å². The summed E-state index contributed by atoms with van der Waals surface area (Å²) in [6, 6.07) is 15.6. The Hall–Kier alpha value is -3.49. The Kier molecular flexibility index (Phi) is 8.95. The maximum Gasteiger partial charge on any atom is 0.269 e. The van der Waals surface area contributed by atoms with E-state index in [1.807, 2.05) is 24.3 Å². The Morgan fingerprint density at radius 2 is 1.50 bits per heavy atom. The highest BCUT2D eigenvalue weighted by atomic mass is 35.5. The quantitative estimate of drug-likeness (QED) is 0.214. The van der Waals surface area contributed by atoms with Crippen molar-refractivity contribution in [1.29, 1.82) is 0 Å². The third kappa shape index (κ3) is 6.52. The van der Waals surface area contributed by atoms with Gasteiger partial charge in [-0.2, -0.15) is 0 Å². The van der Waals surface area contributed by atoms with Crippen molar-refractivity contribution in [3.05, 3.63) is 86.4 Å². The standard InChI is InChI=1S/C25H27ClN2O6/c1-31-22-9-6-17(12-23(22)32-2)10-11-27-15-19-13-24(33-3)25(14-21(19)26)34-16-18-4-7-20(8-5-18)28(29)30/h4-9,12-14,27H,10-11,15-16H2,1-3H3. The van der Waals surface area contributed by atoms with Crippen molar-refractivity contribution in [3.8, 4) is 23.0 Å². The van der Waals surface area contributed by atoms with Crippen molar-refractivity contribution in [2.45, 2.75) is 19.6 Å². The molecule has 0 aliphatic rings. The summed E-state index contributed by atoms with van der Waals surface area (Å²) in [6.07, 6.45) is 0.811. The van der Waals surface area contributed by atoms with Crippen LogP contribution in [0.5, 0.6) is 23.0 Å². The Morgan fingerprint density at radius 1 is 0.853 bits per heavy atom. The van der Waals surface area contributed by atoms with Crippen LogP contribution in [0.4, 0.5) is 5.69 Å². The van der Waals surface area contributed by atoms with Crippen LogP contribution in [-0.4, -0.2) is 32.8 Å². The lowest BCUT2D eigenvalue weighted by atomic mass is 10.1. The summed E-state index contributed by atoms with van der Waals surface area (Å²) in [5, 5.41) is 14.7. The van der Waals surface area contributed by atoms with Gasteiger partial charge in [-0.15, -0.1) is 0 Å². The van der Waals surface area contributed by atoms with E-state index in [4.69, 9.17) is 30.5 Å². The number of halogens is 1. The minimum atomic E-state index is -0.436. The topological polar surface area (TPSA) is 92.1 Å². The highest BCUT2D eigenvalue weighted by Crippen LogP contribution is 2.34. The van der Waals surface area contributed by atoms with E-state index in [0.29, 0.717) is 34.6 Å². The third-order valence-corrected chi connectivity index (χ3v) is 5.58. The zero-order chi connectivity index (χ0) is 24.5. The summed E-state index contributed by atoms with van der Waals surface area (Å²) in [6.45, 7) is 1.53. The van der Waals surface area contributed by atoms with Gasteiger partial charge in [-0.25, -0.2) is 0 Å². The molecule has 34 heavy (non-hydrogen) atoms. The molecule has 0 unspecified atom stereocenters. The Bertz CT molecular complexity index is 1120. The molecule has 0 bridgehead atoms. The number of hydrogen-bond acceptors (Lipinski definition) is 7. The van der Waals surface area contributed by atoms with Crippen LogP contribution in [0.15, 0.2) is 54.6 Å². The number of methoxy groups -OCH3 is 3. The lowest BCUT2D eigenvalue weighted by Gasteiger charge is -2.14. The fraction of sp³-hybridized carbons (Fsp3) is 0.280. The molecule has 0 atom stereocenters. The van der Waals surface area contributed by atoms with E-state index in [-0.39, 0.29) is 12.3 Å². The second-order valence-corrected chi connectivity index (χ2v) is 7.83. The number of hydrogen-bond donors (Lipinski definition) is 1. The van der Waals surface area contributed by atoms with Gasteiger partial charge in [0.1, 0.15) is 6.61 Å². The predicted molar refractivity (Wildman–Crippen MR) is 130 cm³/mol. The third-order valence-electron chi connectivity index (χ3n) is 5.23. The number of non-ortho nitro benzene ring substituents is 1. The van der Waals surface area contributed by atoms with Gasteiger partial charge in [0, 0.05) is 29.8 Å². The first kappa shape index (κ1) is 25.1. The van der Waals surface area contributed by atoms with E-state index in [0.717, 1.165) is 29.7 Å². The van der Waals surface area contributed by atoms with Crippen LogP contribution in [-0.2, 0) is 19.6 Å². The molecule has 0 saturated heterocycles. The molecule has 0 aromatic heterocycles. The van der Waals surface area contributed by atoms with E-state index >= 15 is 0 Å². The van der Waals surface area contributed by atoms with Gasteiger partial charge in [-0.1, -0.05) is 17.7 Å². The van der Waals surface area contributed by atoms with Gasteiger partial charge in [0.15, 0.2) is 23.0 Å². The highest BCUT2D eigenvalue weighted by Gasteiger charge is 2.12. The maximum atomic E-state index is 10.8. The maximum absolute atomic E-state index is 10.8. The fourth-order valence-corrected chi connectivity index (χ4v) is 3.57. The number of ether oxygens (including phenoxy) is 4. The molecule has 0 aliphatic carbocycles. The molecular weight excluding hydrogens is 460 g/mol. The largest absolute Gasteiger partial charge is 0.493 e. The van der Waals surface area contributed by atoms with Crippen LogP contribution in [0.3, 0.4) is 0 Å². The summed E-state index contributed by atoms with van der Waals surface area (Å²) in [4.78, 5) is 10.4. The van der Waals surface area contributed by atoms with Crippen molar-refractivity contribution < 1.29 is 23.9 Å². The smallest absolute Gasteiger partial charge is 0.269 e. The summed E-state index contributed by atoms with van der Waals surface area (Å²) in [7, 11) is 4.80. The van der Waals surface area contributed by atoms with E-state index in [1.54, 1.807) is 39.5 Å². The molecule has 8 nitrogen and oxygen atoms in total. The monoisotopic (exact) mass is 486 g/mol. The van der Waals surface area contributed by atoms with E-state index in [2.05, 4.69) is 5.32 Å². The minimum Gasteiger partial charge on any atom is -0.493 e. The minimum absolute atomic E-state index is 0.0346. The molecule has 3 aromatic rings. The average molecular weight is 487 g/mol. The SMILES string of the molecule is COc1ccc(CCNCc2cc(OC)c(OCc3ccc([N+](=O)[O-])cc3)cc2Cl)cc1OC. The van der Waals surface area contributed by atoms with Gasteiger partial charge in [-0.3, -0.25) is 10.1 Å². The zero-order valence-electron chi connectivity index (χ0n) is 19.3.